The molecule has 1 amide bonds. The van der Waals surface area contributed by atoms with Gasteiger partial charge < -0.3 is 0 Å². The fraction of sp³-hybridized carbons (Fsp3) is 0.300. The van der Waals surface area contributed by atoms with Gasteiger partial charge in [0, 0.05) is 24.2 Å². The Kier molecular flexibility index (Phi) is 4.80. The number of carbonyl (C=O) groups is 1. The number of nitrogens with zero attached hydrogens (tertiary/aromatic N) is 2. The Hall–Kier alpha value is -2.51. The third kappa shape index (κ3) is 3.52. The molecule has 6 nitrogen and oxygen atoms in total. The fourth-order valence-electron chi connectivity index (χ4n) is 3.58. The minimum absolute atomic E-state index is 0.149. The first-order valence-corrected chi connectivity index (χ1v) is 10.5. The lowest BCUT2D eigenvalue weighted by atomic mass is 10.1. The molecule has 0 radical (unpaired) electrons. The van der Waals surface area contributed by atoms with Gasteiger partial charge in [0.1, 0.15) is 0 Å². The predicted molar refractivity (Wildman–Crippen MR) is 103 cm³/mol. The van der Waals surface area contributed by atoms with Crippen molar-refractivity contribution in [2.75, 3.05) is 13.1 Å². The van der Waals surface area contributed by atoms with E-state index in [9.17, 15) is 13.2 Å². The van der Waals surface area contributed by atoms with Crippen molar-refractivity contribution in [1.29, 1.82) is 0 Å². The number of rotatable bonds is 4. The Morgan fingerprint density at radius 1 is 1.00 bits per heavy atom. The van der Waals surface area contributed by atoms with E-state index in [0.717, 1.165) is 37.0 Å². The highest BCUT2D eigenvalue weighted by Gasteiger charge is 2.27. The summed E-state index contributed by atoms with van der Waals surface area (Å²) in [6.07, 6.45) is 3.44. The van der Waals surface area contributed by atoms with Gasteiger partial charge in [0.2, 0.25) is 10.0 Å². The van der Waals surface area contributed by atoms with E-state index >= 15 is 0 Å². The second-order valence-corrected chi connectivity index (χ2v) is 8.73. The molecule has 0 saturated carbocycles. The van der Waals surface area contributed by atoms with Crippen LogP contribution in [0.15, 0.2) is 58.5 Å². The molecule has 0 atom stereocenters. The molecule has 7 heteroatoms. The lowest BCUT2D eigenvalue weighted by Gasteiger charge is -2.15. The molecule has 0 bridgehead atoms. The Bertz CT molecular complexity index is 1010. The largest absolute Gasteiger partial charge is 0.271 e. The summed E-state index contributed by atoms with van der Waals surface area (Å²) in [6.45, 7) is 1.07. The van der Waals surface area contributed by atoms with Gasteiger partial charge in [-0.15, -0.1) is 0 Å². The number of fused-ring (bicyclic) bond motifs is 1. The number of nitrogens with one attached hydrogen (secondary N) is 1. The Labute approximate surface area is 158 Å². The first-order valence-electron chi connectivity index (χ1n) is 9.11. The Morgan fingerprint density at radius 2 is 1.78 bits per heavy atom. The van der Waals surface area contributed by atoms with Crippen molar-refractivity contribution in [3.63, 3.8) is 0 Å². The molecule has 27 heavy (non-hydrogen) atoms. The van der Waals surface area contributed by atoms with E-state index in [-0.39, 0.29) is 10.5 Å². The van der Waals surface area contributed by atoms with Crippen molar-refractivity contribution >= 4 is 21.6 Å². The Morgan fingerprint density at radius 3 is 2.59 bits per heavy atom. The van der Waals surface area contributed by atoms with E-state index in [2.05, 4.69) is 16.6 Å². The van der Waals surface area contributed by atoms with Crippen LogP contribution in [0.2, 0.25) is 0 Å². The summed E-state index contributed by atoms with van der Waals surface area (Å²) < 4.78 is 26.8. The van der Waals surface area contributed by atoms with Crippen LogP contribution in [-0.4, -0.2) is 37.4 Å². The fourth-order valence-corrected chi connectivity index (χ4v) is 5.15. The third-order valence-electron chi connectivity index (χ3n) is 5.05. The van der Waals surface area contributed by atoms with Gasteiger partial charge in [0.05, 0.1) is 10.6 Å². The van der Waals surface area contributed by atoms with E-state index in [1.54, 1.807) is 12.1 Å². The number of benzene rings is 2. The summed E-state index contributed by atoms with van der Waals surface area (Å²) in [4.78, 5) is 12.6. The summed E-state index contributed by atoms with van der Waals surface area (Å²) in [7, 11) is -3.55. The van der Waals surface area contributed by atoms with Crippen LogP contribution < -0.4 is 5.43 Å². The monoisotopic (exact) mass is 383 g/mol. The molecule has 1 N–H and O–H groups in total. The summed E-state index contributed by atoms with van der Waals surface area (Å²) in [5.41, 5.74) is 5.99. The molecular weight excluding hydrogens is 362 g/mol. The SMILES string of the molecule is O=C(NN=C1CCc2ccccc21)c1cccc(S(=O)(=O)N2CCCC2)c1. The van der Waals surface area contributed by atoms with Gasteiger partial charge >= 0.3 is 0 Å². The van der Waals surface area contributed by atoms with E-state index in [4.69, 9.17) is 0 Å². The first kappa shape index (κ1) is 17.9. The van der Waals surface area contributed by atoms with E-state index in [0.29, 0.717) is 13.1 Å². The van der Waals surface area contributed by atoms with Gasteiger partial charge in [0.15, 0.2) is 0 Å². The maximum absolute atomic E-state index is 12.7. The van der Waals surface area contributed by atoms with Crippen molar-refractivity contribution in [1.82, 2.24) is 9.73 Å². The van der Waals surface area contributed by atoms with Gasteiger partial charge in [-0.25, -0.2) is 13.8 Å². The average Bonchev–Trinajstić information content (AvgIpc) is 3.37. The lowest BCUT2D eigenvalue weighted by Crippen LogP contribution is -2.28. The molecule has 2 aliphatic rings. The summed E-state index contributed by atoms with van der Waals surface area (Å²) in [5, 5.41) is 4.27. The van der Waals surface area contributed by atoms with Crippen LogP contribution in [0.5, 0.6) is 0 Å². The van der Waals surface area contributed by atoms with Crippen LogP contribution in [0.1, 0.15) is 40.7 Å². The number of hydrogen-bond acceptors (Lipinski definition) is 4. The van der Waals surface area contributed by atoms with Crippen molar-refractivity contribution < 1.29 is 13.2 Å². The topological polar surface area (TPSA) is 78.8 Å². The maximum atomic E-state index is 12.7. The van der Waals surface area contributed by atoms with Crippen molar-refractivity contribution in [3.8, 4) is 0 Å². The molecule has 0 unspecified atom stereocenters. The number of hydrogen-bond donors (Lipinski definition) is 1. The van der Waals surface area contributed by atoms with Gasteiger partial charge in [0.25, 0.3) is 5.91 Å². The molecular formula is C20H21N3O3S. The van der Waals surface area contributed by atoms with Crippen LogP contribution in [0, 0.1) is 0 Å². The lowest BCUT2D eigenvalue weighted by molar-refractivity contribution is 0.0954. The molecule has 0 aromatic heterocycles. The van der Waals surface area contributed by atoms with Crippen LogP contribution in [-0.2, 0) is 16.4 Å². The van der Waals surface area contributed by atoms with Gasteiger partial charge in [-0.1, -0.05) is 30.3 Å². The van der Waals surface area contributed by atoms with Crippen molar-refractivity contribution in [2.24, 2.45) is 5.10 Å². The average molecular weight is 383 g/mol. The van der Waals surface area contributed by atoms with Crippen LogP contribution in [0.25, 0.3) is 0 Å². The molecule has 1 aliphatic heterocycles. The first-order chi connectivity index (χ1) is 13.1. The summed E-state index contributed by atoms with van der Waals surface area (Å²) in [6, 6.07) is 14.1. The molecule has 1 fully saturated rings. The van der Waals surface area contributed by atoms with Crippen LogP contribution >= 0.6 is 0 Å². The zero-order valence-electron chi connectivity index (χ0n) is 14.9. The number of amides is 1. The predicted octanol–water partition coefficient (Wildman–Crippen LogP) is 2.55. The molecule has 140 valence electrons. The molecule has 1 aliphatic carbocycles. The quantitative estimate of drug-likeness (QED) is 0.824. The second kappa shape index (κ2) is 7.25. The normalized spacial score (nSPS) is 18.6. The molecule has 4 rings (SSSR count). The highest BCUT2D eigenvalue weighted by Crippen LogP contribution is 2.23. The zero-order valence-corrected chi connectivity index (χ0v) is 15.7. The van der Waals surface area contributed by atoms with Crippen LogP contribution in [0.3, 0.4) is 0 Å². The molecule has 2 aromatic rings. The maximum Gasteiger partial charge on any atom is 0.271 e. The minimum atomic E-state index is -3.55. The minimum Gasteiger partial charge on any atom is -0.267 e. The second-order valence-electron chi connectivity index (χ2n) is 6.80. The number of aryl methyl sites for hydroxylation is 1. The molecule has 2 aromatic carbocycles. The molecule has 1 saturated heterocycles. The third-order valence-corrected chi connectivity index (χ3v) is 6.95. The standard InChI is InChI=1S/C20H21N3O3S/c24-20(22-21-19-11-10-15-6-1-2-9-18(15)19)16-7-5-8-17(14-16)27(25,26)23-12-3-4-13-23/h1-2,5-9,14H,3-4,10-13H2,(H,22,24). The van der Waals surface area contributed by atoms with Crippen LogP contribution in [0.4, 0.5) is 0 Å². The Balaban J connectivity index is 1.53. The van der Waals surface area contributed by atoms with E-state index < -0.39 is 15.9 Å². The van der Waals surface area contributed by atoms with Gasteiger partial charge in [-0.3, -0.25) is 4.79 Å². The van der Waals surface area contributed by atoms with Gasteiger partial charge in [-0.2, -0.15) is 9.41 Å². The highest BCUT2D eigenvalue weighted by molar-refractivity contribution is 7.89. The highest BCUT2D eigenvalue weighted by atomic mass is 32.2. The van der Waals surface area contributed by atoms with Gasteiger partial charge in [-0.05, 0) is 49.4 Å². The summed E-state index contributed by atoms with van der Waals surface area (Å²) in [5.74, 6) is -0.412. The van der Waals surface area contributed by atoms with E-state index in [1.165, 1.54) is 22.0 Å². The zero-order chi connectivity index (χ0) is 18.9. The number of carbonyl (C=O) groups excluding carboxylic acids is 1. The molecule has 0 spiro atoms. The van der Waals surface area contributed by atoms with E-state index in [1.807, 2.05) is 18.2 Å². The van der Waals surface area contributed by atoms with Crippen molar-refractivity contribution in [3.05, 3.63) is 65.2 Å². The summed E-state index contributed by atoms with van der Waals surface area (Å²) >= 11 is 0. The number of sulfonamides is 1. The molecule has 1 heterocycles. The number of hydrazone groups is 1. The van der Waals surface area contributed by atoms with Crippen molar-refractivity contribution in [2.45, 2.75) is 30.6 Å². The smallest absolute Gasteiger partial charge is 0.267 e.